The number of nitrogens with zero attached hydrogens (tertiary/aromatic N) is 4. The molecule has 1 amide bonds. The molecule has 0 saturated heterocycles. The number of carbonyl (C=O) groups is 1. The lowest BCUT2D eigenvalue weighted by Gasteiger charge is -2.15. The molecule has 0 saturated carbocycles. The smallest absolute Gasteiger partial charge is 0.307 e. The lowest BCUT2D eigenvalue weighted by molar-refractivity contribution is -0.385. The van der Waals surface area contributed by atoms with Crippen molar-refractivity contribution in [2.24, 2.45) is 0 Å². The van der Waals surface area contributed by atoms with Gasteiger partial charge in [-0.2, -0.15) is 5.10 Å². The van der Waals surface area contributed by atoms with Gasteiger partial charge in [-0.15, -0.1) is 0 Å². The van der Waals surface area contributed by atoms with Gasteiger partial charge in [0.2, 0.25) is 5.91 Å². The van der Waals surface area contributed by atoms with Crippen molar-refractivity contribution in [1.82, 2.24) is 19.7 Å². The number of carbonyl (C=O) groups excluding carboxylic acids is 1. The number of nitro groups is 1. The van der Waals surface area contributed by atoms with Crippen molar-refractivity contribution in [3.05, 3.63) is 76.9 Å². The first-order valence-electron chi connectivity index (χ1n) is 7.72. The fourth-order valence-electron chi connectivity index (χ4n) is 2.51. The normalized spacial score (nSPS) is 11.9. The minimum Gasteiger partial charge on any atom is -0.348 e. The van der Waals surface area contributed by atoms with Crippen LogP contribution >= 0.6 is 0 Å². The zero-order chi connectivity index (χ0) is 17.8. The van der Waals surface area contributed by atoms with Crippen LogP contribution in [0.25, 0.3) is 5.69 Å². The summed E-state index contributed by atoms with van der Waals surface area (Å²) in [6, 6.07) is 11.6. The highest BCUT2D eigenvalue weighted by atomic mass is 16.6. The second-order valence-electron chi connectivity index (χ2n) is 5.63. The molecule has 1 aromatic carbocycles. The molecule has 8 heteroatoms. The zero-order valence-electron chi connectivity index (χ0n) is 13.6. The Bertz CT molecular complexity index is 885. The first kappa shape index (κ1) is 16.4. The number of benzene rings is 1. The highest BCUT2D eigenvalue weighted by Crippen LogP contribution is 2.17. The van der Waals surface area contributed by atoms with Gasteiger partial charge in [-0.25, -0.2) is 0 Å². The summed E-state index contributed by atoms with van der Waals surface area (Å²) in [5.74, 6) is -0.267. The predicted octanol–water partition coefficient (Wildman–Crippen LogP) is 2.46. The topological polar surface area (TPSA) is 95.0 Å². The fraction of sp³-hybridized carbons (Fsp3) is 0.176. The molecule has 25 heavy (non-hydrogen) atoms. The average molecular weight is 339 g/mol. The van der Waals surface area contributed by atoms with Crippen molar-refractivity contribution in [2.75, 3.05) is 0 Å². The van der Waals surface area contributed by atoms with E-state index in [4.69, 9.17) is 0 Å². The summed E-state index contributed by atoms with van der Waals surface area (Å²) in [5, 5.41) is 17.3. The number of hydrogen-bond acceptors (Lipinski definition) is 4. The van der Waals surface area contributed by atoms with E-state index in [0.29, 0.717) is 0 Å². The van der Waals surface area contributed by atoms with Crippen LogP contribution in [0.2, 0.25) is 0 Å². The minimum absolute atomic E-state index is 0.0739. The van der Waals surface area contributed by atoms with Crippen LogP contribution in [-0.4, -0.2) is 25.2 Å². The monoisotopic (exact) mass is 339 g/mol. The molecule has 0 fully saturated rings. The maximum absolute atomic E-state index is 12.1. The Morgan fingerprint density at radius 1 is 1.32 bits per heavy atom. The lowest BCUT2D eigenvalue weighted by atomic mass is 10.1. The predicted molar refractivity (Wildman–Crippen MR) is 91.2 cm³/mol. The third kappa shape index (κ3) is 3.92. The summed E-state index contributed by atoms with van der Waals surface area (Å²) in [6.07, 6.45) is 6.26. The zero-order valence-corrected chi connectivity index (χ0v) is 13.6. The Labute approximate surface area is 143 Å². The molecule has 1 unspecified atom stereocenters. The summed E-state index contributed by atoms with van der Waals surface area (Å²) in [5.41, 5.74) is 1.83. The van der Waals surface area contributed by atoms with Crippen molar-refractivity contribution in [3.63, 3.8) is 0 Å². The van der Waals surface area contributed by atoms with Crippen molar-refractivity contribution in [2.45, 2.75) is 19.5 Å². The Morgan fingerprint density at radius 2 is 2.08 bits per heavy atom. The van der Waals surface area contributed by atoms with E-state index in [0.717, 1.165) is 17.4 Å². The molecular weight excluding hydrogens is 322 g/mol. The quantitative estimate of drug-likeness (QED) is 0.551. The van der Waals surface area contributed by atoms with Gasteiger partial charge in [0.05, 0.1) is 11.0 Å². The van der Waals surface area contributed by atoms with Gasteiger partial charge in [-0.3, -0.25) is 19.6 Å². The molecular formula is C17H17N5O3. The van der Waals surface area contributed by atoms with Gasteiger partial charge >= 0.3 is 5.69 Å². The second-order valence-corrected chi connectivity index (χ2v) is 5.63. The first-order valence-corrected chi connectivity index (χ1v) is 7.72. The van der Waals surface area contributed by atoms with Crippen LogP contribution in [0.4, 0.5) is 5.69 Å². The molecule has 0 aliphatic heterocycles. The molecule has 0 aliphatic rings. The van der Waals surface area contributed by atoms with Crippen molar-refractivity contribution in [1.29, 1.82) is 0 Å². The molecule has 1 atom stereocenters. The van der Waals surface area contributed by atoms with E-state index in [1.54, 1.807) is 0 Å². The molecule has 3 aromatic rings. The summed E-state index contributed by atoms with van der Waals surface area (Å²) in [6.45, 7) is 1.81. The van der Waals surface area contributed by atoms with Crippen LogP contribution in [0.5, 0.6) is 0 Å². The maximum atomic E-state index is 12.1. The summed E-state index contributed by atoms with van der Waals surface area (Å²) >= 11 is 0. The highest BCUT2D eigenvalue weighted by molar-refractivity contribution is 5.76. The van der Waals surface area contributed by atoms with Crippen molar-refractivity contribution >= 4 is 11.6 Å². The van der Waals surface area contributed by atoms with Crippen LogP contribution in [0.3, 0.4) is 0 Å². The van der Waals surface area contributed by atoms with Crippen LogP contribution in [0.15, 0.2) is 61.2 Å². The molecule has 2 aromatic heterocycles. The number of aromatic nitrogens is 3. The van der Waals surface area contributed by atoms with Crippen LogP contribution in [-0.2, 0) is 11.3 Å². The van der Waals surface area contributed by atoms with E-state index >= 15 is 0 Å². The maximum Gasteiger partial charge on any atom is 0.307 e. The number of hydrogen-bond donors (Lipinski definition) is 1. The highest BCUT2D eigenvalue weighted by Gasteiger charge is 2.14. The largest absolute Gasteiger partial charge is 0.348 e. The van der Waals surface area contributed by atoms with E-state index in [1.165, 1.54) is 10.9 Å². The second kappa shape index (κ2) is 7.00. The standard InChI is InChI=1S/C17H17N5O3/c1-13(14-5-4-6-15(9-14)20-7-2-3-8-20)19-17(23)12-21-11-16(10-18-21)22(24)25/h2-11,13H,12H2,1H3,(H,19,23). The Balaban J connectivity index is 1.65. The molecule has 0 aliphatic carbocycles. The Kier molecular flexibility index (Phi) is 4.60. The van der Waals surface area contributed by atoms with E-state index < -0.39 is 4.92 Å². The molecule has 2 heterocycles. The number of nitrogens with one attached hydrogen (secondary N) is 1. The summed E-state index contributed by atoms with van der Waals surface area (Å²) in [7, 11) is 0. The molecule has 8 nitrogen and oxygen atoms in total. The first-order chi connectivity index (χ1) is 12.0. The molecule has 3 rings (SSSR count). The van der Waals surface area contributed by atoms with Gasteiger partial charge in [0, 0.05) is 18.1 Å². The van der Waals surface area contributed by atoms with Crippen LogP contribution < -0.4 is 5.32 Å². The molecule has 0 bridgehead atoms. The SMILES string of the molecule is CC(NC(=O)Cn1cc([N+](=O)[O-])cn1)c1cccc(-n2cccc2)c1. The molecule has 0 spiro atoms. The van der Waals surface area contributed by atoms with E-state index in [-0.39, 0.29) is 24.2 Å². The van der Waals surface area contributed by atoms with Crippen molar-refractivity contribution < 1.29 is 9.72 Å². The summed E-state index contributed by atoms with van der Waals surface area (Å²) < 4.78 is 3.23. The van der Waals surface area contributed by atoms with Crippen molar-refractivity contribution in [3.8, 4) is 5.69 Å². The third-order valence-corrected chi connectivity index (χ3v) is 3.79. The summed E-state index contributed by atoms with van der Waals surface area (Å²) in [4.78, 5) is 22.2. The molecule has 1 N–H and O–H groups in total. The Hall–Kier alpha value is -3.42. The van der Waals surface area contributed by atoms with Crippen LogP contribution in [0, 0.1) is 10.1 Å². The number of rotatable bonds is 6. The number of amides is 1. The van der Waals surface area contributed by atoms with Gasteiger partial charge in [0.25, 0.3) is 0 Å². The van der Waals surface area contributed by atoms with Gasteiger partial charge in [0.1, 0.15) is 18.9 Å². The average Bonchev–Trinajstić information content (AvgIpc) is 3.26. The van der Waals surface area contributed by atoms with Gasteiger partial charge in [-0.05, 0) is 36.8 Å². The van der Waals surface area contributed by atoms with Gasteiger partial charge in [-0.1, -0.05) is 12.1 Å². The van der Waals surface area contributed by atoms with Crippen LogP contribution in [0.1, 0.15) is 18.5 Å². The molecule has 0 radical (unpaired) electrons. The molecule has 128 valence electrons. The third-order valence-electron chi connectivity index (χ3n) is 3.79. The lowest BCUT2D eigenvalue weighted by Crippen LogP contribution is -2.30. The Morgan fingerprint density at radius 3 is 2.76 bits per heavy atom. The fourth-order valence-corrected chi connectivity index (χ4v) is 2.51. The van der Waals surface area contributed by atoms with E-state index in [1.807, 2.05) is 60.3 Å². The minimum atomic E-state index is -0.545. The van der Waals surface area contributed by atoms with Gasteiger partial charge < -0.3 is 9.88 Å². The van der Waals surface area contributed by atoms with E-state index in [9.17, 15) is 14.9 Å². The van der Waals surface area contributed by atoms with Gasteiger partial charge in [0.15, 0.2) is 0 Å². The van der Waals surface area contributed by atoms with E-state index in [2.05, 4.69) is 10.4 Å².